The van der Waals surface area contributed by atoms with Crippen LogP contribution in [0.5, 0.6) is 5.75 Å². The molecule has 0 saturated heterocycles. The highest BCUT2D eigenvalue weighted by Gasteiger charge is 2.11. The van der Waals surface area contributed by atoms with Crippen LogP contribution in [0, 0.1) is 13.8 Å². The lowest BCUT2D eigenvalue weighted by atomic mass is 10.1. The summed E-state index contributed by atoms with van der Waals surface area (Å²) in [6.45, 7) is 5.52. The molecular weight excluding hydrogens is 266 g/mol. The maximum Gasteiger partial charge on any atom is 0.159 e. The van der Waals surface area contributed by atoms with Crippen molar-refractivity contribution in [2.24, 2.45) is 0 Å². The van der Waals surface area contributed by atoms with Crippen LogP contribution in [0.2, 0.25) is 5.02 Å². The average molecular weight is 280 g/mol. The molecule has 5 heteroatoms. The first-order chi connectivity index (χ1) is 8.99. The smallest absolute Gasteiger partial charge is 0.159 e. The molecule has 100 valence electrons. The number of aryl methyl sites for hydroxylation is 2. The van der Waals surface area contributed by atoms with E-state index in [-0.39, 0.29) is 5.78 Å². The Morgan fingerprint density at radius 2 is 2.16 bits per heavy atom. The molecule has 1 aromatic carbocycles. The molecule has 0 saturated carbocycles. The predicted octanol–water partition coefficient (Wildman–Crippen LogP) is 3.73. The van der Waals surface area contributed by atoms with E-state index >= 15 is 0 Å². The van der Waals surface area contributed by atoms with E-state index in [1.54, 1.807) is 18.2 Å². The Labute approximate surface area is 116 Å². The molecule has 0 aliphatic rings. The van der Waals surface area contributed by atoms with Gasteiger partial charge in [-0.05, 0) is 39.0 Å². The zero-order chi connectivity index (χ0) is 14.0. The van der Waals surface area contributed by atoms with Crippen molar-refractivity contribution in [1.82, 2.24) is 5.16 Å². The van der Waals surface area contributed by atoms with Gasteiger partial charge in [-0.3, -0.25) is 4.79 Å². The number of carbonyl (C=O) groups is 1. The molecule has 1 aromatic heterocycles. The molecule has 0 amide bonds. The minimum atomic E-state index is -0.0285. The van der Waals surface area contributed by atoms with Gasteiger partial charge in [-0.1, -0.05) is 16.8 Å². The Morgan fingerprint density at radius 3 is 2.68 bits per heavy atom. The van der Waals surface area contributed by atoms with Crippen molar-refractivity contribution >= 4 is 17.4 Å². The predicted molar refractivity (Wildman–Crippen MR) is 71.8 cm³/mol. The highest BCUT2D eigenvalue weighted by Crippen LogP contribution is 2.27. The van der Waals surface area contributed by atoms with Crippen molar-refractivity contribution < 1.29 is 14.1 Å². The SMILES string of the molecule is CC(=O)c1ccc(OCc2c(C)noc2C)c(Cl)c1. The number of rotatable bonds is 4. The molecule has 0 aliphatic carbocycles. The highest BCUT2D eigenvalue weighted by atomic mass is 35.5. The van der Waals surface area contributed by atoms with Crippen molar-refractivity contribution in [3.05, 3.63) is 45.8 Å². The van der Waals surface area contributed by atoms with Crippen LogP contribution in [0.4, 0.5) is 0 Å². The molecule has 0 bridgehead atoms. The summed E-state index contributed by atoms with van der Waals surface area (Å²) in [5, 5.41) is 4.27. The zero-order valence-electron chi connectivity index (χ0n) is 11.0. The quantitative estimate of drug-likeness (QED) is 0.800. The van der Waals surface area contributed by atoms with Crippen LogP contribution in [-0.2, 0) is 6.61 Å². The molecule has 0 fully saturated rings. The van der Waals surface area contributed by atoms with Gasteiger partial charge >= 0.3 is 0 Å². The molecule has 0 N–H and O–H groups in total. The van der Waals surface area contributed by atoms with Gasteiger partial charge < -0.3 is 9.26 Å². The van der Waals surface area contributed by atoms with E-state index in [2.05, 4.69) is 5.16 Å². The molecule has 0 unspecified atom stereocenters. The summed E-state index contributed by atoms with van der Waals surface area (Å²) in [5.74, 6) is 1.24. The van der Waals surface area contributed by atoms with E-state index in [0.717, 1.165) is 17.0 Å². The van der Waals surface area contributed by atoms with Gasteiger partial charge in [0.1, 0.15) is 18.1 Å². The van der Waals surface area contributed by atoms with Gasteiger partial charge in [0.2, 0.25) is 0 Å². The third-order valence-electron chi connectivity index (χ3n) is 2.89. The summed E-state index contributed by atoms with van der Waals surface area (Å²) < 4.78 is 10.7. The summed E-state index contributed by atoms with van der Waals surface area (Å²) in [5.41, 5.74) is 2.27. The zero-order valence-corrected chi connectivity index (χ0v) is 11.7. The van der Waals surface area contributed by atoms with Gasteiger partial charge in [0.25, 0.3) is 0 Å². The van der Waals surface area contributed by atoms with E-state index in [0.29, 0.717) is 22.9 Å². The van der Waals surface area contributed by atoms with E-state index < -0.39 is 0 Å². The number of aromatic nitrogens is 1. The first kappa shape index (κ1) is 13.6. The van der Waals surface area contributed by atoms with Crippen molar-refractivity contribution in [2.75, 3.05) is 0 Å². The second-order valence-electron chi connectivity index (χ2n) is 4.29. The van der Waals surface area contributed by atoms with Crippen LogP contribution in [0.25, 0.3) is 0 Å². The fourth-order valence-corrected chi connectivity index (χ4v) is 1.93. The van der Waals surface area contributed by atoms with Crippen LogP contribution >= 0.6 is 11.6 Å². The normalized spacial score (nSPS) is 10.5. The van der Waals surface area contributed by atoms with Gasteiger partial charge in [-0.2, -0.15) is 0 Å². The number of carbonyl (C=O) groups excluding carboxylic acids is 1. The van der Waals surface area contributed by atoms with Crippen LogP contribution in [0.3, 0.4) is 0 Å². The first-order valence-electron chi connectivity index (χ1n) is 5.84. The Bertz CT molecular complexity index is 600. The van der Waals surface area contributed by atoms with Crippen LogP contribution in [0.1, 0.15) is 34.3 Å². The molecule has 0 atom stereocenters. The Kier molecular flexibility index (Phi) is 3.90. The number of hydrogen-bond donors (Lipinski definition) is 0. The lowest BCUT2D eigenvalue weighted by Crippen LogP contribution is -1.99. The third-order valence-corrected chi connectivity index (χ3v) is 3.19. The van der Waals surface area contributed by atoms with Crippen molar-refractivity contribution in [1.29, 1.82) is 0 Å². The molecule has 0 spiro atoms. The number of ketones is 1. The molecule has 2 aromatic rings. The monoisotopic (exact) mass is 279 g/mol. The Balaban J connectivity index is 2.14. The highest BCUT2D eigenvalue weighted by molar-refractivity contribution is 6.32. The minimum absolute atomic E-state index is 0.0285. The fraction of sp³-hybridized carbons (Fsp3) is 0.286. The minimum Gasteiger partial charge on any atom is -0.487 e. The van der Waals surface area contributed by atoms with Crippen LogP contribution in [0.15, 0.2) is 22.7 Å². The van der Waals surface area contributed by atoms with Crippen LogP contribution < -0.4 is 4.74 Å². The largest absolute Gasteiger partial charge is 0.487 e. The van der Waals surface area contributed by atoms with E-state index in [4.69, 9.17) is 20.9 Å². The van der Waals surface area contributed by atoms with Gasteiger partial charge in [0, 0.05) is 5.56 Å². The second kappa shape index (κ2) is 5.45. The molecule has 1 heterocycles. The van der Waals surface area contributed by atoms with Gasteiger partial charge in [0.15, 0.2) is 5.78 Å². The van der Waals surface area contributed by atoms with E-state index in [1.807, 2.05) is 13.8 Å². The molecule has 19 heavy (non-hydrogen) atoms. The fourth-order valence-electron chi connectivity index (χ4n) is 1.69. The number of hydrogen-bond acceptors (Lipinski definition) is 4. The van der Waals surface area contributed by atoms with Gasteiger partial charge in [-0.15, -0.1) is 0 Å². The number of Topliss-reactive ketones (excluding diaryl/α,β-unsaturated/α-hetero) is 1. The number of ether oxygens (including phenoxy) is 1. The topological polar surface area (TPSA) is 52.3 Å². The van der Waals surface area contributed by atoms with Crippen molar-refractivity contribution in [3.8, 4) is 5.75 Å². The Morgan fingerprint density at radius 1 is 1.42 bits per heavy atom. The van der Waals surface area contributed by atoms with Crippen LogP contribution in [-0.4, -0.2) is 10.9 Å². The third kappa shape index (κ3) is 2.96. The lowest BCUT2D eigenvalue weighted by Gasteiger charge is -2.08. The number of benzene rings is 1. The van der Waals surface area contributed by atoms with Crippen molar-refractivity contribution in [2.45, 2.75) is 27.4 Å². The molecule has 4 nitrogen and oxygen atoms in total. The molecule has 0 radical (unpaired) electrons. The van der Waals surface area contributed by atoms with E-state index in [9.17, 15) is 4.79 Å². The number of halogens is 1. The van der Waals surface area contributed by atoms with E-state index in [1.165, 1.54) is 6.92 Å². The summed E-state index contributed by atoms with van der Waals surface area (Å²) >= 11 is 6.08. The average Bonchev–Trinajstić information content (AvgIpc) is 2.68. The summed E-state index contributed by atoms with van der Waals surface area (Å²) in [4.78, 5) is 11.2. The molecule has 2 rings (SSSR count). The molecular formula is C14H14ClNO3. The standard InChI is InChI=1S/C14H14ClNO3/c1-8-12(10(3)19-16-8)7-18-14-5-4-11(9(2)17)6-13(14)15/h4-6H,7H2,1-3H3. The van der Waals surface area contributed by atoms with Gasteiger partial charge in [0.05, 0.1) is 16.3 Å². The Hall–Kier alpha value is -1.81. The summed E-state index contributed by atoms with van der Waals surface area (Å²) in [7, 11) is 0. The van der Waals surface area contributed by atoms with Gasteiger partial charge in [-0.25, -0.2) is 0 Å². The summed E-state index contributed by atoms with van der Waals surface area (Å²) in [6, 6.07) is 4.99. The lowest BCUT2D eigenvalue weighted by molar-refractivity contribution is 0.101. The molecule has 0 aliphatic heterocycles. The summed E-state index contributed by atoms with van der Waals surface area (Å²) in [6.07, 6.45) is 0. The maximum atomic E-state index is 11.2. The second-order valence-corrected chi connectivity index (χ2v) is 4.70. The van der Waals surface area contributed by atoms with Crippen molar-refractivity contribution in [3.63, 3.8) is 0 Å². The first-order valence-corrected chi connectivity index (χ1v) is 6.22. The maximum absolute atomic E-state index is 11.2. The number of nitrogens with zero attached hydrogens (tertiary/aromatic N) is 1.